The van der Waals surface area contributed by atoms with Crippen molar-refractivity contribution in [3.8, 4) is 45.0 Å². The number of fused-ring (bicyclic) bond motifs is 6. The molecule has 2 nitrogen and oxygen atoms in total. The molecule has 1 aliphatic heterocycles. The first-order chi connectivity index (χ1) is 20.1. The van der Waals surface area contributed by atoms with Crippen molar-refractivity contribution in [1.82, 2.24) is 9.97 Å². The molecule has 0 spiro atoms. The molecular formula is C38H28N2Si. The van der Waals surface area contributed by atoms with Crippen LogP contribution in [0.3, 0.4) is 0 Å². The highest BCUT2D eigenvalue weighted by molar-refractivity contribution is 7.04. The van der Waals surface area contributed by atoms with Gasteiger partial charge in [0.05, 0.1) is 11.4 Å². The van der Waals surface area contributed by atoms with E-state index in [0.29, 0.717) is 0 Å². The van der Waals surface area contributed by atoms with Crippen molar-refractivity contribution in [2.45, 2.75) is 13.1 Å². The van der Waals surface area contributed by atoms with Gasteiger partial charge >= 0.3 is 0 Å². The lowest BCUT2D eigenvalue weighted by atomic mass is 9.98. The highest BCUT2D eigenvalue weighted by Gasteiger charge is 2.42. The molecule has 0 amide bonds. The highest BCUT2D eigenvalue weighted by atomic mass is 28.3. The van der Waals surface area contributed by atoms with Crippen LogP contribution in [0.4, 0.5) is 0 Å². The molecule has 0 atom stereocenters. The van der Waals surface area contributed by atoms with Crippen LogP contribution in [-0.4, -0.2) is 18.0 Å². The predicted octanol–water partition coefficient (Wildman–Crippen LogP) is 8.59. The van der Waals surface area contributed by atoms with E-state index in [-0.39, 0.29) is 0 Å². The van der Waals surface area contributed by atoms with Gasteiger partial charge in [0.15, 0.2) is 5.82 Å². The standard InChI is InChI=1S/C38H28N2Si/c1-41(2)33-23-22-27-15-7-9-20-31(27)34(33)36-37(41)35(32-21-11-16-26-14-6-8-19-30(26)32)39-38(40-36)29-18-10-17-28(24-29)25-12-4-3-5-13-25/h3-24H,1-2H3. The third-order valence-corrected chi connectivity index (χ3v) is 12.1. The molecule has 0 N–H and O–H groups in total. The van der Waals surface area contributed by atoms with Crippen LogP contribution in [0.25, 0.3) is 66.6 Å². The third kappa shape index (κ3) is 3.70. The molecule has 1 aromatic heterocycles. The molecule has 2 heterocycles. The Morgan fingerprint density at radius 3 is 1.93 bits per heavy atom. The summed E-state index contributed by atoms with van der Waals surface area (Å²) in [6, 6.07) is 47.8. The molecule has 8 rings (SSSR count). The summed E-state index contributed by atoms with van der Waals surface area (Å²) in [5.41, 5.74) is 8.03. The van der Waals surface area contributed by atoms with E-state index in [4.69, 9.17) is 9.97 Å². The average molecular weight is 541 g/mol. The van der Waals surface area contributed by atoms with E-state index in [9.17, 15) is 0 Å². The second-order valence-corrected chi connectivity index (χ2v) is 15.7. The first-order valence-electron chi connectivity index (χ1n) is 14.2. The van der Waals surface area contributed by atoms with E-state index in [1.54, 1.807) is 0 Å². The zero-order valence-electron chi connectivity index (χ0n) is 23.1. The molecule has 41 heavy (non-hydrogen) atoms. The summed E-state index contributed by atoms with van der Waals surface area (Å²) < 4.78 is 0. The molecule has 7 aromatic rings. The van der Waals surface area contributed by atoms with E-state index in [0.717, 1.165) is 22.8 Å². The minimum Gasteiger partial charge on any atom is -0.228 e. The molecule has 3 heteroatoms. The Bertz CT molecular complexity index is 2120. The fourth-order valence-electron chi connectivity index (χ4n) is 6.64. The van der Waals surface area contributed by atoms with Gasteiger partial charge in [-0.25, -0.2) is 9.97 Å². The molecule has 0 aliphatic carbocycles. The Morgan fingerprint density at radius 2 is 1.10 bits per heavy atom. The monoisotopic (exact) mass is 540 g/mol. The van der Waals surface area contributed by atoms with Crippen LogP contribution in [0.1, 0.15) is 0 Å². The summed E-state index contributed by atoms with van der Waals surface area (Å²) in [4.78, 5) is 10.9. The summed E-state index contributed by atoms with van der Waals surface area (Å²) in [5.74, 6) is 0.773. The van der Waals surface area contributed by atoms with Crippen LogP contribution in [0, 0.1) is 0 Å². The lowest BCUT2D eigenvalue weighted by Gasteiger charge is -2.22. The van der Waals surface area contributed by atoms with Crippen molar-refractivity contribution in [2.24, 2.45) is 0 Å². The number of hydrogen-bond acceptors (Lipinski definition) is 2. The first kappa shape index (κ1) is 24.0. The molecule has 0 unspecified atom stereocenters. The van der Waals surface area contributed by atoms with Gasteiger partial charge in [-0.3, -0.25) is 0 Å². The Balaban J connectivity index is 1.47. The number of nitrogens with zero attached hydrogens (tertiary/aromatic N) is 2. The van der Waals surface area contributed by atoms with Crippen LogP contribution in [0.2, 0.25) is 13.1 Å². The van der Waals surface area contributed by atoms with Crippen LogP contribution in [0.15, 0.2) is 133 Å². The maximum Gasteiger partial charge on any atom is 0.160 e. The molecule has 1 aliphatic rings. The second kappa shape index (κ2) is 9.08. The SMILES string of the molecule is C[Si]1(C)c2ccc3ccccc3c2-c2nc(-c3cccc(-c4ccccc4)c3)nc(-c3cccc4ccccc34)c21. The number of rotatable bonds is 3. The van der Waals surface area contributed by atoms with Gasteiger partial charge < -0.3 is 0 Å². The summed E-state index contributed by atoms with van der Waals surface area (Å²) >= 11 is 0. The van der Waals surface area contributed by atoms with Gasteiger partial charge in [0.1, 0.15) is 8.07 Å². The maximum absolute atomic E-state index is 5.45. The van der Waals surface area contributed by atoms with E-state index in [1.165, 1.54) is 54.2 Å². The largest absolute Gasteiger partial charge is 0.228 e. The topological polar surface area (TPSA) is 25.8 Å². The van der Waals surface area contributed by atoms with Crippen molar-refractivity contribution in [3.05, 3.63) is 133 Å². The van der Waals surface area contributed by atoms with Crippen molar-refractivity contribution < 1.29 is 0 Å². The lowest BCUT2D eigenvalue weighted by Crippen LogP contribution is -2.50. The molecule has 0 saturated carbocycles. The van der Waals surface area contributed by atoms with Gasteiger partial charge in [0, 0.05) is 16.7 Å². The van der Waals surface area contributed by atoms with Gasteiger partial charge in [-0.05, 0) is 49.1 Å². The molecule has 6 aromatic carbocycles. The quantitative estimate of drug-likeness (QED) is 0.210. The molecule has 0 saturated heterocycles. The van der Waals surface area contributed by atoms with E-state index < -0.39 is 8.07 Å². The second-order valence-electron chi connectivity index (χ2n) is 11.4. The normalized spacial score (nSPS) is 13.3. The first-order valence-corrected chi connectivity index (χ1v) is 17.2. The van der Waals surface area contributed by atoms with Crippen molar-refractivity contribution >= 4 is 40.0 Å². The smallest absolute Gasteiger partial charge is 0.160 e. The Kier molecular flexibility index (Phi) is 5.31. The fraction of sp³-hybridized carbons (Fsp3) is 0.0526. The van der Waals surface area contributed by atoms with E-state index in [1.807, 2.05) is 0 Å². The minimum atomic E-state index is -2.13. The van der Waals surface area contributed by atoms with Gasteiger partial charge in [-0.2, -0.15) is 0 Å². The van der Waals surface area contributed by atoms with E-state index >= 15 is 0 Å². The summed E-state index contributed by atoms with van der Waals surface area (Å²) in [7, 11) is -2.13. The van der Waals surface area contributed by atoms with E-state index in [2.05, 4.69) is 147 Å². The summed E-state index contributed by atoms with van der Waals surface area (Å²) in [6.45, 7) is 4.92. The highest BCUT2D eigenvalue weighted by Crippen LogP contribution is 2.39. The minimum absolute atomic E-state index is 0.773. The van der Waals surface area contributed by atoms with Gasteiger partial charge in [-0.15, -0.1) is 0 Å². The maximum atomic E-state index is 5.45. The third-order valence-electron chi connectivity index (χ3n) is 8.65. The Hall–Kier alpha value is -4.86. The Labute approximate surface area is 241 Å². The van der Waals surface area contributed by atoms with Gasteiger partial charge in [0.2, 0.25) is 0 Å². The molecule has 0 bridgehead atoms. The number of hydrogen-bond donors (Lipinski definition) is 0. The van der Waals surface area contributed by atoms with Crippen molar-refractivity contribution in [3.63, 3.8) is 0 Å². The number of aromatic nitrogens is 2. The van der Waals surface area contributed by atoms with Gasteiger partial charge in [-0.1, -0.05) is 140 Å². The van der Waals surface area contributed by atoms with Crippen LogP contribution in [-0.2, 0) is 0 Å². The molecular weight excluding hydrogens is 513 g/mol. The predicted molar refractivity (Wildman–Crippen MR) is 176 cm³/mol. The molecule has 194 valence electrons. The summed E-state index contributed by atoms with van der Waals surface area (Å²) in [6.07, 6.45) is 0. The van der Waals surface area contributed by atoms with Crippen LogP contribution < -0.4 is 10.4 Å². The van der Waals surface area contributed by atoms with Crippen LogP contribution >= 0.6 is 0 Å². The van der Waals surface area contributed by atoms with Gasteiger partial charge in [0.25, 0.3) is 0 Å². The summed E-state index contributed by atoms with van der Waals surface area (Å²) in [5, 5.41) is 7.76. The fourth-order valence-corrected chi connectivity index (χ4v) is 9.84. The number of benzene rings is 6. The van der Waals surface area contributed by atoms with Crippen molar-refractivity contribution in [1.29, 1.82) is 0 Å². The zero-order valence-corrected chi connectivity index (χ0v) is 24.1. The van der Waals surface area contributed by atoms with Crippen molar-refractivity contribution in [2.75, 3.05) is 0 Å². The average Bonchev–Trinajstić information content (AvgIpc) is 3.27. The molecule has 0 fully saturated rings. The van der Waals surface area contributed by atoms with Crippen LogP contribution in [0.5, 0.6) is 0 Å². The lowest BCUT2D eigenvalue weighted by molar-refractivity contribution is 1.20. The zero-order chi connectivity index (χ0) is 27.6. The molecule has 0 radical (unpaired) electrons. The Morgan fingerprint density at radius 1 is 0.488 bits per heavy atom.